The van der Waals surface area contributed by atoms with Crippen molar-refractivity contribution in [2.24, 2.45) is 0 Å². The first-order valence-corrected chi connectivity index (χ1v) is 14.4. The molecular formula is C29H24ClFN8O3S. The van der Waals surface area contributed by atoms with Gasteiger partial charge in [-0.2, -0.15) is 9.36 Å². The molecule has 5 aromatic rings. The number of fused-ring (bicyclic) bond motifs is 1. The molecule has 2 atom stereocenters. The van der Waals surface area contributed by atoms with Crippen LogP contribution in [0.5, 0.6) is 0 Å². The predicted molar refractivity (Wildman–Crippen MR) is 161 cm³/mol. The molecule has 43 heavy (non-hydrogen) atoms. The van der Waals surface area contributed by atoms with Crippen LogP contribution in [0.3, 0.4) is 0 Å². The SMILES string of the molecule is CC(=O)c1cn(CC(=O)N2C[C@H](F)C[C@H]2C(=O)Nc2nc(-c3ccccc3Cl)ns2)c2ccc(Nc3cncnc3)cc12. The molecule has 0 unspecified atom stereocenters. The monoisotopic (exact) mass is 618 g/mol. The molecule has 2 N–H and O–H groups in total. The first-order chi connectivity index (χ1) is 20.8. The van der Waals surface area contributed by atoms with E-state index in [0.29, 0.717) is 44.3 Å². The Morgan fingerprint density at radius 1 is 1.12 bits per heavy atom. The molecule has 3 aromatic heterocycles. The smallest absolute Gasteiger partial charge is 0.249 e. The van der Waals surface area contributed by atoms with E-state index in [1.807, 2.05) is 12.1 Å². The number of nitrogens with zero attached hydrogens (tertiary/aromatic N) is 6. The van der Waals surface area contributed by atoms with Crippen LogP contribution in [-0.2, 0) is 16.1 Å². The molecule has 4 heterocycles. The number of benzene rings is 2. The van der Waals surface area contributed by atoms with Crippen LogP contribution in [0.2, 0.25) is 5.02 Å². The van der Waals surface area contributed by atoms with Crippen LogP contribution in [0.25, 0.3) is 22.3 Å². The third-order valence-corrected chi connectivity index (χ3v) is 8.02. The van der Waals surface area contributed by atoms with Gasteiger partial charge < -0.3 is 14.8 Å². The zero-order valence-electron chi connectivity index (χ0n) is 22.7. The van der Waals surface area contributed by atoms with E-state index >= 15 is 0 Å². The molecule has 6 rings (SSSR count). The standard InChI is InChI=1S/C29H24ClFN8O3S/c1-16(40)22-13-38(24-7-6-18(9-21(22)24)34-19-10-32-15-33-11-19)14-26(41)39-12-17(31)8-25(39)28(42)36-29-35-27(37-43-29)20-4-2-3-5-23(20)30/h2-7,9-11,13,15,17,25,34H,8,12,14H2,1H3,(H,35,36,37,42)/t17-,25+/m1/s1. The molecule has 1 fully saturated rings. The van der Waals surface area contributed by atoms with Gasteiger partial charge in [-0.05, 0) is 37.3 Å². The summed E-state index contributed by atoms with van der Waals surface area (Å²) in [5.74, 6) is -0.834. The van der Waals surface area contributed by atoms with Crippen LogP contribution in [0, 0.1) is 0 Å². The molecule has 2 aromatic carbocycles. The number of ketones is 1. The highest BCUT2D eigenvalue weighted by Crippen LogP contribution is 2.30. The van der Waals surface area contributed by atoms with E-state index in [0.717, 1.165) is 11.5 Å². The highest BCUT2D eigenvalue weighted by Gasteiger charge is 2.40. The van der Waals surface area contributed by atoms with Gasteiger partial charge in [0.25, 0.3) is 0 Å². The van der Waals surface area contributed by atoms with Gasteiger partial charge in [-0.25, -0.2) is 14.4 Å². The summed E-state index contributed by atoms with van der Waals surface area (Å²) in [5.41, 5.74) is 3.07. The van der Waals surface area contributed by atoms with E-state index < -0.39 is 24.0 Å². The Kier molecular flexibility index (Phi) is 7.82. The van der Waals surface area contributed by atoms with Crippen LogP contribution in [0.4, 0.5) is 20.9 Å². The van der Waals surface area contributed by atoms with Crippen molar-refractivity contribution in [3.05, 3.63) is 78.0 Å². The van der Waals surface area contributed by atoms with Gasteiger partial charge in [0.05, 0.1) is 29.6 Å². The van der Waals surface area contributed by atoms with Gasteiger partial charge in [0.1, 0.15) is 25.1 Å². The van der Waals surface area contributed by atoms with Gasteiger partial charge in [-0.15, -0.1) is 0 Å². The zero-order valence-corrected chi connectivity index (χ0v) is 24.3. The molecule has 1 aliphatic rings. The highest BCUT2D eigenvalue weighted by atomic mass is 35.5. The number of Topliss-reactive ketones (excluding diaryl/α,β-unsaturated/α-hetero) is 1. The second kappa shape index (κ2) is 11.9. The van der Waals surface area contributed by atoms with Gasteiger partial charge in [-0.1, -0.05) is 23.7 Å². The molecule has 0 saturated carbocycles. The topological polar surface area (TPSA) is 135 Å². The van der Waals surface area contributed by atoms with Crippen LogP contribution in [-0.4, -0.2) is 65.1 Å². The number of carbonyl (C=O) groups is 3. The second-order valence-corrected chi connectivity index (χ2v) is 11.2. The Labute approximate surface area is 253 Å². The van der Waals surface area contributed by atoms with Crippen molar-refractivity contribution in [2.75, 3.05) is 17.2 Å². The predicted octanol–water partition coefficient (Wildman–Crippen LogP) is 5.13. The molecule has 0 bridgehead atoms. The van der Waals surface area contributed by atoms with Crippen molar-refractivity contribution >= 4 is 68.1 Å². The molecule has 11 nitrogen and oxygen atoms in total. The van der Waals surface area contributed by atoms with E-state index in [1.54, 1.807) is 53.5 Å². The lowest BCUT2D eigenvalue weighted by molar-refractivity contribution is -0.137. The van der Waals surface area contributed by atoms with Gasteiger partial charge in [0.15, 0.2) is 11.6 Å². The number of likely N-dealkylation sites (tertiary alicyclic amines) is 1. The maximum Gasteiger partial charge on any atom is 0.249 e. The summed E-state index contributed by atoms with van der Waals surface area (Å²) >= 11 is 7.20. The number of nitrogens with one attached hydrogen (secondary N) is 2. The molecular weight excluding hydrogens is 595 g/mol. The summed E-state index contributed by atoms with van der Waals surface area (Å²) in [6.45, 7) is 1.05. The van der Waals surface area contributed by atoms with E-state index in [-0.39, 0.29) is 30.4 Å². The quantitative estimate of drug-likeness (QED) is 0.229. The Morgan fingerprint density at radius 2 is 1.91 bits per heavy atom. The minimum atomic E-state index is -1.36. The Bertz CT molecular complexity index is 1850. The average Bonchev–Trinajstić information content (AvgIpc) is 3.71. The Morgan fingerprint density at radius 3 is 2.67 bits per heavy atom. The molecule has 0 radical (unpaired) electrons. The number of hydrogen-bond donors (Lipinski definition) is 2. The average molecular weight is 619 g/mol. The molecule has 1 aliphatic heterocycles. The lowest BCUT2D eigenvalue weighted by Crippen LogP contribution is -2.44. The van der Waals surface area contributed by atoms with Gasteiger partial charge >= 0.3 is 0 Å². The van der Waals surface area contributed by atoms with Gasteiger partial charge in [0.2, 0.25) is 16.9 Å². The van der Waals surface area contributed by atoms with Crippen molar-refractivity contribution in [3.8, 4) is 11.4 Å². The number of carbonyl (C=O) groups excluding carboxylic acids is 3. The number of aromatic nitrogens is 5. The summed E-state index contributed by atoms with van der Waals surface area (Å²) in [5, 5.41) is 7.19. The minimum absolute atomic E-state index is 0.142. The summed E-state index contributed by atoms with van der Waals surface area (Å²) in [6.07, 6.45) is 4.77. The number of halogens is 2. The summed E-state index contributed by atoms with van der Waals surface area (Å²) in [6, 6.07) is 11.4. The van der Waals surface area contributed by atoms with Crippen LogP contribution in [0.15, 0.2) is 67.4 Å². The number of hydrogen-bond acceptors (Lipinski definition) is 9. The number of amides is 2. The fraction of sp³-hybridized carbons (Fsp3) is 0.207. The van der Waals surface area contributed by atoms with Crippen molar-refractivity contribution in [2.45, 2.75) is 32.1 Å². The second-order valence-electron chi connectivity index (χ2n) is 10.00. The fourth-order valence-electron chi connectivity index (χ4n) is 5.08. The largest absolute Gasteiger partial charge is 0.353 e. The van der Waals surface area contributed by atoms with E-state index in [1.165, 1.54) is 18.2 Å². The maximum atomic E-state index is 14.6. The first-order valence-electron chi connectivity index (χ1n) is 13.3. The molecule has 14 heteroatoms. The third-order valence-electron chi connectivity index (χ3n) is 7.06. The molecule has 0 spiro atoms. The summed E-state index contributed by atoms with van der Waals surface area (Å²) < 4.78 is 20.5. The Balaban J connectivity index is 1.20. The van der Waals surface area contributed by atoms with Crippen molar-refractivity contribution < 1.29 is 18.8 Å². The molecule has 2 amide bonds. The van der Waals surface area contributed by atoms with Crippen molar-refractivity contribution in [1.82, 2.24) is 28.8 Å². The Hall–Kier alpha value is -4.75. The minimum Gasteiger partial charge on any atom is -0.353 e. The van der Waals surface area contributed by atoms with E-state index in [9.17, 15) is 18.8 Å². The normalized spacial score (nSPS) is 16.4. The third kappa shape index (κ3) is 5.94. The van der Waals surface area contributed by atoms with Crippen molar-refractivity contribution in [1.29, 1.82) is 0 Å². The number of alkyl halides is 1. The van der Waals surface area contributed by atoms with E-state index in [4.69, 9.17) is 11.6 Å². The molecule has 218 valence electrons. The summed E-state index contributed by atoms with van der Waals surface area (Å²) in [4.78, 5) is 52.7. The highest BCUT2D eigenvalue weighted by molar-refractivity contribution is 7.10. The van der Waals surface area contributed by atoms with Gasteiger partial charge in [-0.3, -0.25) is 19.7 Å². The van der Waals surface area contributed by atoms with Gasteiger partial charge in [0, 0.05) is 51.9 Å². The lowest BCUT2D eigenvalue weighted by Gasteiger charge is -2.23. The van der Waals surface area contributed by atoms with Crippen LogP contribution in [0.1, 0.15) is 23.7 Å². The summed E-state index contributed by atoms with van der Waals surface area (Å²) in [7, 11) is 0. The first kappa shape index (κ1) is 28.4. The van der Waals surface area contributed by atoms with Crippen LogP contribution >= 0.6 is 23.1 Å². The van der Waals surface area contributed by atoms with Crippen LogP contribution < -0.4 is 10.6 Å². The lowest BCUT2D eigenvalue weighted by atomic mass is 10.1. The molecule has 1 saturated heterocycles. The molecule has 0 aliphatic carbocycles. The maximum absolute atomic E-state index is 14.6. The fourth-order valence-corrected chi connectivity index (χ4v) is 5.88. The zero-order chi connectivity index (χ0) is 30.1. The van der Waals surface area contributed by atoms with Crippen molar-refractivity contribution in [3.63, 3.8) is 0 Å². The number of rotatable bonds is 8. The van der Waals surface area contributed by atoms with E-state index in [2.05, 4.69) is 30.0 Å². The number of anilines is 3.